The Balaban J connectivity index is 0.00000300. The van der Waals surface area contributed by atoms with Crippen LogP contribution in [0.15, 0.2) is 29.3 Å². The lowest BCUT2D eigenvalue weighted by Crippen LogP contribution is -2.41. The van der Waals surface area contributed by atoms with Crippen molar-refractivity contribution in [2.45, 2.75) is 51.6 Å². The van der Waals surface area contributed by atoms with Gasteiger partial charge in [0.1, 0.15) is 0 Å². The first-order valence-electron chi connectivity index (χ1n) is 10.8. The van der Waals surface area contributed by atoms with Crippen LogP contribution in [-0.4, -0.2) is 44.7 Å². The van der Waals surface area contributed by atoms with Crippen LogP contribution in [0.4, 0.5) is 0 Å². The number of guanidine groups is 1. The highest BCUT2D eigenvalue weighted by Gasteiger charge is 2.28. The molecular formula is C22H35IN4O2. The molecule has 1 fully saturated rings. The average Bonchev–Trinajstić information content (AvgIpc) is 3.56. The summed E-state index contributed by atoms with van der Waals surface area (Å²) in [6.07, 6.45) is 6.68. The summed E-state index contributed by atoms with van der Waals surface area (Å²) in [7, 11) is 0. The van der Waals surface area contributed by atoms with Crippen LogP contribution in [0.1, 0.15) is 56.3 Å². The first-order chi connectivity index (χ1) is 13.8. The van der Waals surface area contributed by atoms with E-state index in [-0.39, 0.29) is 41.9 Å². The number of rotatable bonds is 10. The van der Waals surface area contributed by atoms with Gasteiger partial charge in [0.2, 0.25) is 5.91 Å². The topological polar surface area (TPSA) is 74.8 Å². The lowest BCUT2D eigenvalue weighted by atomic mass is 9.89. The summed E-state index contributed by atoms with van der Waals surface area (Å²) in [6, 6.07) is 8.64. The first-order valence-corrected chi connectivity index (χ1v) is 10.8. The molecule has 2 aliphatic rings. The fourth-order valence-electron chi connectivity index (χ4n) is 3.56. The quantitative estimate of drug-likeness (QED) is 0.194. The molecule has 1 atom stereocenters. The van der Waals surface area contributed by atoms with Crippen molar-refractivity contribution in [3.8, 4) is 0 Å². The van der Waals surface area contributed by atoms with Gasteiger partial charge in [0, 0.05) is 38.7 Å². The maximum absolute atomic E-state index is 11.6. The maximum Gasteiger partial charge on any atom is 0.223 e. The molecule has 1 saturated carbocycles. The zero-order valence-electron chi connectivity index (χ0n) is 17.4. The number of ether oxygens (including phenoxy) is 1. The van der Waals surface area contributed by atoms with Crippen molar-refractivity contribution in [3.05, 3.63) is 35.4 Å². The summed E-state index contributed by atoms with van der Waals surface area (Å²) in [5, 5.41) is 9.48. The number of aliphatic imine (C=N–C) groups is 1. The molecule has 1 unspecified atom stereocenters. The Morgan fingerprint density at radius 2 is 1.93 bits per heavy atom. The number of hydrogen-bond donors (Lipinski definition) is 3. The van der Waals surface area contributed by atoms with Crippen LogP contribution in [0.2, 0.25) is 0 Å². The molecule has 0 aromatic heterocycles. The minimum absolute atomic E-state index is 0. The number of halogens is 1. The van der Waals surface area contributed by atoms with Gasteiger partial charge in [0.25, 0.3) is 0 Å². The van der Waals surface area contributed by atoms with Crippen molar-refractivity contribution >= 4 is 35.8 Å². The highest BCUT2D eigenvalue weighted by molar-refractivity contribution is 14.0. The van der Waals surface area contributed by atoms with E-state index >= 15 is 0 Å². The van der Waals surface area contributed by atoms with Gasteiger partial charge in [-0.25, -0.2) is 0 Å². The summed E-state index contributed by atoms with van der Waals surface area (Å²) in [5.74, 6) is 1.24. The third kappa shape index (κ3) is 8.12. The second-order valence-electron chi connectivity index (χ2n) is 7.56. The van der Waals surface area contributed by atoms with Crippen molar-refractivity contribution in [2.75, 3.05) is 32.8 Å². The van der Waals surface area contributed by atoms with E-state index in [0.29, 0.717) is 13.1 Å². The SMILES string of the molecule is CCNC(=NCCCOC1CCCc2ccccc21)NCCNC(=O)C1CC1.I. The summed E-state index contributed by atoms with van der Waals surface area (Å²) < 4.78 is 6.15. The largest absolute Gasteiger partial charge is 0.373 e. The molecule has 3 rings (SSSR count). The average molecular weight is 514 g/mol. The molecule has 6 nitrogen and oxygen atoms in total. The van der Waals surface area contributed by atoms with Crippen LogP contribution in [-0.2, 0) is 16.0 Å². The summed E-state index contributed by atoms with van der Waals surface area (Å²) in [4.78, 5) is 16.2. The van der Waals surface area contributed by atoms with E-state index in [1.807, 2.05) is 0 Å². The van der Waals surface area contributed by atoms with Crippen molar-refractivity contribution in [1.82, 2.24) is 16.0 Å². The number of fused-ring (bicyclic) bond motifs is 1. The maximum atomic E-state index is 11.6. The second-order valence-corrected chi connectivity index (χ2v) is 7.56. The Labute approximate surface area is 191 Å². The highest BCUT2D eigenvalue weighted by atomic mass is 127. The predicted molar refractivity (Wildman–Crippen MR) is 128 cm³/mol. The van der Waals surface area contributed by atoms with Gasteiger partial charge in [-0.1, -0.05) is 24.3 Å². The molecular weight excluding hydrogens is 479 g/mol. The van der Waals surface area contributed by atoms with Crippen LogP contribution in [0.25, 0.3) is 0 Å². The van der Waals surface area contributed by atoms with Crippen molar-refractivity contribution in [3.63, 3.8) is 0 Å². The number of nitrogens with zero attached hydrogens (tertiary/aromatic N) is 1. The minimum Gasteiger partial charge on any atom is -0.373 e. The standard InChI is InChI=1S/C22H34N4O2.HI/c1-2-23-22(26-15-14-24-21(27)18-11-12-18)25-13-6-16-28-20-10-5-8-17-7-3-4-9-19(17)20;/h3-4,7,9,18,20H,2,5-6,8,10-16H2,1H3,(H,24,27)(H2,23,25,26);1H. The monoisotopic (exact) mass is 514 g/mol. The fourth-order valence-corrected chi connectivity index (χ4v) is 3.56. The third-order valence-corrected chi connectivity index (χ3v) is 5.21. The molecule has 0 bridgehead atoms. The Bertz CT molecular complexity index is 664. The Hall–Kier alpha value is -1.35. The zero-order valence-corrected chi connectivity index (χ0v) is 19.7. The molecule has 29 heavy (non-hydrogen) atoms. The number of benzene rings is 1. The molecule has 0 saturated heterocycles. The molecule has 1 amide bonds. The van der Waals surface area contributed by atoms with Gasteiger partial charge in [-0.15, -0.1) is 24.0 Å². The second kappa shape index (κ2) is 13.1. The minimum atomic E-state index is 0. The molecule has 0 spiro atoms. The lowest BCUT2D eigenvalue weighted by Gasteiger charge is -2.25. The number of hydrogen-bond acceptors (Lipinski definition) is 3. The summed E-state index contributed by atoms with van der Waals surface area (Å²) in [5.41, 5.74) is 2.80. The van der Waals surface area contributed by atoms with E-state index in [0.717, 1.165) is 51.3 Å². The summed E-state index contributed by atoms with van der Waals surface area (Å²) >= 11 is 0. The van der Waals surface area contributed by atoms with Gasteiger partial charge in [-0.3, -0.25) is 9.79 Å². The lowest BCUT2D eigenvalue weighted by molar-refractivity contribution is -0.122. The molecule has 162 valence electrons. The number of nitrogens with one attached hydrogen (secondary N) is 3. The molecule has 7 heteroatoms. The Morgan fingerprint density at radius 1 is 1.14 bits per heavy atom. The number of amides is 1. The van der Waals surface area contributed by atoms with Crippen molar-refractivity contribution < 1.29 is 9.53 Å². The van der Waals surface area contributed by atoms with Crippen molar-refractivity contribution in [1.29, 1.82) is 0 Å². The van der Waals surface area contributed by atoms with E-state index in [1.54, 1.807) is 0 Å². The van der Waals surface area contributed by atoms with E-state index in [1.165, 1.54) is 24.0 Å². The van der Waals surface area contributed by atoms with Gasteiger partial charge < -0.3 is 20.7 Å². The van der Waals surface area contributed by atoms with E-state index in [4.69, 9.17) is 4.74 Å². The predicted octanol–water partition coefficient (Wildman–Crippen LogP) is 3.17. The normalized spacial score (nSPS) is 18.4. The van der Waals surface area contributed by atoms with Gasteiger partial charge >= 0.3 is 0 Å². The van der Waals surface area contributed by atoms with E-state index in [9.17, 15) is 4.79 Å². The van der Waals surface area contributed by atoms with Crippen LogP contribution >= 0.6 is 24.0 Å². The number of carbonyl (C=O) groups is 1. The van der Waals surface area contributed by atoms with Crippen LogP contribution in [0.3, 0.4) is 0 Å². The Morgan fingerprint density at radius 3 is 2.72 bits per heavy atom. The van der Waals surface area contributed by atoms with E-state index < -0.39 is 0 Å². The fraction of sp³-hybridized carbons (Fsp3) is 0.636. The first kappa shape index (κ1) is 23.9. The van der Waals surface area contributed by atoms with Gasteiger partial charge in [-0.2, -0.15) is 0 Å². The molecule has 2 aliphatic carbocycles. The van der Waals surface area contributed by atoms with Gasteiger partial charge in [0.05, 0.1) is 6.10 Å². The van der Waals surface area contributed by atoms with Crippen LogP contribution in [0.5, 0.6) is 0 Å². The Kier molecular flexibility index (Phi) is 10.8. The number of carbonyl (C=O) groups excluding carboxylic acids is 1. The molecule has 1 aromatic carbocycles. The zero-order chi connectivity index (χ0) is 19.6. The molecule has 3 N–H and O–H groups in total. The molecule has 0 aliphatic heterocycles. The number of aryl methyl sites for hydroxylation is 1. The summed E-state index contributed by atoms with van der Waals surface area (Å²) in [6.45, 7) is 5.62. The van der Waals surface area contributed by atoms with Crippen LogP contribution in [0, 0.1) is 5.92 Å². The van der Waals surface area contributed by atoms with Crippen molar-refractivity contribution in [2.24, 2.45) is 10.9 Å². The van der Waals surface area contributed by atoms with Gasteiger partial charge in [-0.05, 0) is 56.6 Å². The molecule has 0 heterocycles. The van der Waals surface area contributed by atoms with Gasteiger partial charge in [0.15, 0.2) is 5.96 Å². The highest BCUT2D eigenvalue weighted by Crippen LogP contribution is 2.32. The molecule has 0 radical (unpaired) electrons. The van der Waals surface area contributed by atoms with E-state index in [2.05, 4.69) is 52.1 Å². The smallest absolute Gasteiger partial charge is 0.223 e. The van der Waals surface area contributed by atoms with Crippen LogP contribution < -0.4 is 16.0 Å². The molecule has 1 aromatic rings. The third-order valence-electron chi connectivity index (χ3n) is 5.21.